The van der Waals surface area contributed by atoms with E-state index in [2.05, 4.69) is 15.9 Å². The summed E-state index contributed by atoms with van der Waals surface area (Å²) in [5, 5.41) is 0. The monoisotopic (exact) mass is 433 g/mol. The van der Waals surface area contributed by atoms with Crippen molar-refractivity contribution in [1.29, 1.82) is 0 Å². The Balaban J connectivity index is 0.00000312. The Hall–Kier alpha value is -1.31. The molecular weight excluding hydrogens is 410 g/mol. The van der Waals surface area contributed by atoms with Crippen molar-refractivity contribution < 1.29 is 14.3 Å². The molecule has 140 valence electrons. The van der Waals surface area contributed by atoms with Crippen LogP contribution in [0.1, 0.15) is 19.8 Å². The molecule has 2 N–H and O–H groups in total. The van der Waals surface area contributed by atoms with Gasteiger partial charge in [0.1, 0.15) is 5.75 Å². The van der Waals surface area contributed by atoms with Gasteiger partial charge in [-0.2, -0.15) is 0 Å². The third-order valence-electron chi connectivity index (χ3n) is 3.97. The highest BCUT2D eigenvalue weighted by Crippen LogP contribution is 2.16. The fraction of sp³-hybridized carbons (Fsp3) is 0.529. The van der Waals surface area contributed by atoms with E-state index >= 15 is 0 Å². The second-order valence-electron chi connectivity index (χ2n) is 6.02. The van der Waals surface area contributed by atoms with Gasteiger partial charge in [-0.3, -0.25) is 9.59 Å². The van der Waals surface area contributed by atoms with Crippen LogP contribution in [0.4, 0.5) is 0 Å². The molecule has 1 heterocycles. The van der Waals surface area contributed by atoms with Crippen LogP contribution < -0.4 is 10.5 Å². The van der Waals surface area contributed by atoms with Crippen LogP contribution in [0, 0.1) is 0 Å². The van der Waals surface area contributed by atoms with Crippen LogP contribution in [0.5, 0.6) is 5.75 Å². The largest absolute Gasteiger partial charge is 0.484 e. The van der Waals surface area contributed by atoms with Crippen LogP contribution in [-0.4, -0.2) is 60.4 Å². The average molecular weight is 435 g/mol. The molecule has 1 atom stereocenters. The van der Waals surface area contributed by atoms with Gasteiger partial charge in [0.2, 0.25) is 5.91 Å². The van der Waals surface area contributed by atoms with Crippen LogP contribution in [0.2, 0.25) is 0 Å². The van der Waals surface area contributed by atoms with E-state index in [1.54, 1.807) is 4.90 Å². The van der Waals surface area contributed by atoms with E-state index in [1.165, 1.54) is 0 Å². The van der Waals surface area contributed by atoms with Gasteiger partial charge in [-0.05, 0) is 37.6 Å². The zero-order chi connectivity index (χ0) is 17.5. The number of nitrogens with zero attached hydrogens (tertiary/aromatic N) is 2. The van der Waals surface area contributed by atoms with Gasteiger partial charge in [0.15, 0.2) is 6.61 Å². The smallest absolute Gasteiger partial charge is 0.260 e. The molecule has 0 radical (unpaired) electrons. The lowest BCUT2D eigenvalue weighted by Crippen LogP contribution is -2.51. The number of benzene rings is 1. The molecule has 2 rings (SSSR count). The molecule has 0 spiro atoms. The molecule has 0 aliphatic carbocycles. The fourth-order valence-electron chi connectivity index (χ4n) is 2.48. The number of carbonyl (C=O) groups is 2. The highest BCUT2D eigenvalue weighted by atomic mass is 79.9. The van der Waals surface area contributed by atoms with Crippen molar-refractivity contribution in [2.24, 2.45) is 5.73 Å². The lowest BCUT2D eigenvalue weighted by Gasteiger charge is -2.34. The van der Waals surface area contributed by atoms with Crippen molar-refractivity contribution in [3.63, 3.8) is 0 Å². The number of ether oxygens (including phenoxy) is 1. The number of amides is 2. The van der Waals surface area contributed by atoms with E-state index < -0.39 is 0 Å². The molecule has 1 saturated heterocycles. The Labute approximate surface area is 163 Å². The number of nitrogens with two attached hydrogens (primary N) is 1. The highest BCUT2D eigenvalue weighted by molar-refractivity contribution is 9.10. The van der Waals surface area contributed by atoms with Gasteiger partial charge in [0.05, 0.1) is 0 Å². The van der Waals surface area contributed by atoms with Crippen molar-refractivity contribution in [3.8, 4) is 5.75 Å². The lowest BCUT2D eigenvalue weighted by atomic mass is 10.1. The van der Waals surface area contributed by atoms with E-state index in [9.17, 15) is 9.59 Å². The fourth-order valence-corrected chi connectivity index (χ4v) is 2.75. The average Bonchev–Trinajstić information content (AvgIpc) is 2.59. The van der Waals surface area contributed by atoms with E-state index in [1.807, 2.05) is 36.1 Å². The van der Waals surface area contributed by atoms with Crippen LogP contribution in [0.15, 0.2) is 28.7 Å². The number of hydrogen-bond acceptors (Lipinski definition) is 4. The maximum Gasteiger partial charge on any atom is 0.260 e. The zero-order valence-corrected chi connectivity index (χ0v) is 16.7. The minimum absolute atomic E-state index is 0. The van der Waals surface area contributed by atoms with Gasteiger partial charge in [0, 0.05) is 43.1 Å². The van der Waals surface area contributed by atoms with Crippen molar-refractivity contribution in [1.82, 2.24) is 9.80 Å². The van der Waals surface area contributed by atoms with E-state index in [0.717, 1.165) is 4.47 Å². The molecule has 1 fully saturated rings. The Morgan fingerprint density at radius 1 is 1.12 bits per heavy atom. The van der Waals surface area contributed by atoms with Crippen molar-refractivity contribution >= 4 is 40.2 Å². The third-order valence-corrected chi connectivity index (χ3v) is 4.50. The second-order valence-corrected chi connectivity index (χ2v) is 6.94. The topological polar surface area (TPSA) is 75.9 Å². The van der Waals surface area contributed by atoms with Crippen molar-refractivity contribution in [3.05, 3.63) is 28.7 Å². The van der Waals surface area contributed by atoms with Gasteiger partial charge < -0.3 is 20.3 Å². The summed E-state index contributed by atoms with van der Waals surface area (Å²) in [6, 6.07) is 7.39. The van der Waals surface area contributed by atoms with Gasteiger partial charge in [-0.15, -0.1) is 12.4 Å². The minimum atomic E-state index is -0.0550. The molecule has 25 heavy (non-hydrogen) atoms. The SMILES string of the molecule is CC(N)CCC(=O)N1CCN(C(=O)COc2ccc(Br)cc2)CC1.Cl. The number of hydrogen-bond donors (Lipinski definition) is 1. The molecule has 1 aromatic rings. The van der Waals surface area contributed by atoms with Crippen LogP contribution in [0.3, 0.4) is 0 Å². The molecule has 8 heteroatoms. The number of rotatable bonds is 6. The van der Waals surface area contributed by atoms with Crippen LogP contribution in [0.25, 0.3) is 0 Å². The molecule has 0 bridgehead atoms. The Bertz CT molecular complexity index is 561. The summed E-state index contributed by atoms with van der Waals surface area (Å²) >= 11 is 3.35. The normalized spacial score (nSPS) is 15.3. The molecule has 0 aromatic heterocycles. The van der Waals surface area contributed by atoms with E-state index in [-0.39, 0.29) is 36.9 Å². The first-order chi connectivity index (χ1) is 11.5. The molecule has 2 amide bonds. The molecule has 1 aliphatic heterocycles. The van der Waals surface area contributed by atoms with Gasteiger partial charge in [0.25, 0.3) is 5.91 Å². The number of carbonyl (C=O) groups excluding carboxylic acids is 2. The highest BCUT2D eigenvalue weighted by Gasteiger charge is 2.24. The quantitative estimate of drug-likeness (QED) is 0.743. The first-order valence-corrected chi connectivity index (χ1v) is 8.94. The maximum atomic E-state index is 12.2. The second kappa shape index (κ2) is 10.6. The van der Waals surface area contributed by atoms with Gasteiger partial charge in [-0.1, -0.05) is 15.9 Å². The zero-order valence-electron chi connectivity index (χ0n) is 14.3. The first kappa shape index (κ1) is 21.7. The van der Waals surface area contributed by atoms with Crippen LogP contribution in [-0.2, 0) is 9.59 Å². The van der Waals surface area contributed by atoms with Crippen LogP contribution >= 0.6 is 28.3 Å². The standard InChI is InChI=1S/C17H24BrN3O3.ClH/c1-13(19)2-7-16(22)20-8-10-21(11-9-20)17(23)12-24-15-5-3-14(18)4-6-15;/h3-6,13H,2,7-12,19H2,1H3;1H. The molecule has 1 aromatic carbocycles. The maximum absolute atomic E-state index is 12.2. The summed E-state index contributed by atoms with van der Waals surface area (Å²) in [6.07, 6.45) is 1.16. The molecular formula is C17H25BrClN3O3. The summed E-state index contributed by atoms with van der Waals surface area (Å²) in [5.41, 5.74) is 5.68. The van der Waals surface area contributed by atoms with Gasteiger partial charge >= 0.3 is 0 Å². The minimum Gasteiger partial charge on any atom is -0.484 e. The van der Waals surface area contributed by atoms with E-state index in [4.69, 9.17) is 10.5 Å². The molecule has 1 aliphatic rings. The summed E-state index contributed by atoms with van der Waals surface area (Å²) in [7, 11) is 0. The Kier molecular flexibility index (Phi) is 9.24. The summed E-state index contributed by atoms with van der Waals surface area (Å²) in [5.74, 6) is 0.724. The Morgan fingerprint density at radius 2 is 1.64 bits per heavy atom. The number of halogens is 2. The summed E-state index contributed by atoms with van der Waals surface area (Å²) in [6.45, 7) is 4.15. The number of piperazine rings is 1. The van der Waals surface area contributed by atoms with Gasteiger partial charge in [-0.25, -0.2) is 0 Å². The summed E-state index contributed by atoms with van der Waals surface area (Å²) in [4.78, 5) is 27.8. The molecule has 6 nitrogen and oxygen atoms in total. The molecule has 0 saturated carbocycles. The van der Waals surface area contributed by atoms with Crippen molar-refractivity contribution in [2.75, 3.05) is 32.8 Å². The predicted octanol–water partition coefficient (Wildman–Crippen LogP) is 2.05. The first-order valence-electron chi connectivity index (χ1n) is 8.15. The molecule has 1 unspecified atom stereocenters. The third kappa shape index (κ3) is 7.22. The van der Waals surface area contributed by atoms with Crippen molar-refractivity contribution in [2.45, 2.75) is 25.8 Å². The van der Waals surface area contributed by atoms with E-state index in [0.29, 0.717) is 44.8 Å². The lowest BCUT2D eigenvalue weighted by molar-refractivity contribution is -0.140. The predicted molar refractivity (Wildman–Crippen MR) is 103 cm³/mol. The Morgan fingerprint density at radius 3 is 2.16 bits per heavy atom. The summed E-state index contributed by atoms with van der Waals surface area (Å²) < 4.78 is 6.47.